The average Bonchev–Trinajstić information content (AvgIpc) is 3.74. The van der Waals surface area contributed by atoms with Gasteiger partial charge in [0.15, 0.2) is 0 Å². The number of hydrogen-bond acceptors (Lipinski definition) is 2. The van der Waals surface area contributed by atoms with Crippen molar-refractivity contribution in [3.63, 3.8) is 0 Å². The van der Waals surface area contributed by atoms with Crippen LogP contribution in [0.5, 0.6) is 0 Å². The Hall–Kier alpha value is -3.05. The van der Waals surface area contributed by atoms with Crippen molar-refractivity contribution in [2.45, 2.75) is 37.8 Å². The second-order valence-electron chi connectivity index (χ2n) is 8.98. The van der Waals surface area contributed by atoms with Crippen molar-refractivity contribution in [1.29, 1.82) is 0 Å². The van der Waals surface area contributed by atoms with Crippen LogP contribution >= 0.6 is 11.6 Å². The zero-order chi connectivity index (χ0) is 21.8. The van der Waals surface area contributed by atoms with Gasteiger partial charge in [-0.3, -0.25) is 14.5 Å². The molecule has 0 radical (unpaired) electrons. The van der Waals surface area contributed by atoms with Crippen LogP contribution in [0.25, 0.3) is 5.69 Å². The lowest BCUT2D eigenvalue weighted by atomic mass is 9.97. The molecule has 0 N–H and O–H groups in total. The number of carbonyl (C=O) groups is 2. The summed E-state index contributed by atoms with van der Waals surface area (Å²) in [4.78, 5) is 30.6. The van der Waals surface area contributed by atoms with Gasteiger partial charge in [0.1, 0.15) is 12.6 Å². The summed E-state index contributed by atoms with van der Waals surface area (Å²) in [6.07, 6.45) is 5.91. The van der Waals surface area contributed by atoms with Crippen LogP contribution in [-0.2, 0) is 9.59 Å². The largest absolute Gasteiger partial charge is 0.330 e. The van der Waals surface area contributed by atoms with Gasteiger partial charge < -0.3 is 9.47 Å². The van der Waals surface area contributed by atoms with E-state index in [0.29, 0.717) is 5.02 Å². The smallest absolute Gasteiger partial charge is 0.247 e. The summed E-state index contributed by atoms with van der Waals surface area (Å²) >= 11 is 6.16. The number of amides is 2. The molecule has 2 saturated carbocycles. The third kappa shape index (κ3) is 3.32. The number of hydrogen-bond donors (Lipinski definition) is 0. The molecule has 0 bridgehead atoms. The van der Waals surface area contributed by atoms with Crippen LogP contribution in [0.15, 0.2) is 66.9 Å². The average molecular weight is 446 g/mol. The number of rotatable bonds is 5. The standard InChI is InChI=1S/C26H24ClN3O2/c27-19-11-9-17(10-12-19)25-23-6-3-15-28(23)21-4-1-2-5-22(21)30(25)24(31)16-29(20-13-14-20)26(32)18-7-8-18/h1-6,9-12,15,18,20,25H,7-8,13-14,16H2. The minimum Gasteiger partial charge on any atom is -0.330 e. The first-order valence-electron chi connectivity index (χ1n) is 11.3. The molecule has 2 heterocycles. The van der Waals surface area contributed by atoms with E-state index in [-0.39, 0.29) is 36.4 Å². The molecule has 162 valence electrons. The molecule has 6 rings (SSSR count). The van der Waals surface area contributed by atoms with Crippen LogP contribution in [0.3, 0.4) is 0 Å². The summed E-state index contributed by atoms with van der Waals surface area (Å²) in [6.45, 7) is 0.124. The Morgan fingerprint density at radius 3 is 2.31 bits per heavy atom. The van der Waals surface area contributed by atoms with Gasteiger partial charge in [0, 0.05) is 23.2 Å². The van der Waals surface area contributed by atoms with Crippen LogP contribution in [0.1, 0.15) is 43.0 Å². The maximum Gasteiger partial charge on any atom is 0.247 e. The number of fused-ring (bicyclic) bond motifs is 3. The Kier molecular flexibility index (Phi) is 4.61. The number of anilines is 1. The highest BCUT2D eigenvalue weighted by Gasteiger charge is 2.43. The molecule has 1 aromatic heterocycles. The van der Waals surface area contributed by atoms with Crippen LogP contribution < -0.4 is 4.90 Å². The van der Waals surface area contributed by atoms with Gasteiger partial charge in [0.05, 0.1) is 17.1 Å². The van der Waals surface area contributed by atoms with E-state index < -0.39 is 0 Å². The molecule has 3 aromatic rings. The van der Waals surface area contributed by atoms with Crippen molar-refractivity contribution < 1.29 is 9.59 Å². The first kappa shape index (κ1) is 19.6. The van der Waals surface area contributed by atoms with Crippen molar-refractivity contribution >= 4 is 29.1 Å². The lowest BCUT2D eigenvalue weighted by molar-refractivity contribution is -0.137. The fourth-order valence-corrected chi connectivity index (χ4v) is 4.91. The Bertz CT molecular complexity index is 1190. The zero-order valence-electron chi connectivity index (χ0n) is 17.7. The maximum atomic E-state index is 13.9. The van der Waals surface area contributed by atoms with Crippen molar-refractivity contribution in [2.24, 2.45) is 5.92 Å². The number of halogens is 1. The Morgan fingerprint density at radius 2 is 1.62 bits per heavy atom. The van der Waals surface area contributed by atoms with Gasteiger partial charge in [-0.1, -0.05) is 35.9 Å². The van der Waals surface area contributed by atoms with Gasteiger partial charge >= 0.3 is 0 Å². The molecule has 2 fully saturated rings. The van der Waals surface area contributed by atoms with E-state index in [1.54, 1.807) is 0 Å². The summed E-state index contributed by atoms with van der Waals surface area (Å²) in [6, 6.07) is 19.6. The van der Waals surface area contributed by atoms with Crippen LogP contribution in [0, 0.1) is 5.92 Å². The van der Waals surface area contributed by atoms with E-state index in [4.69, 9.17) is 11.6 Å². The predicted molar refractivity (Wildman–Crippen MR) is 124 cm³/mol. The molecule has 5 nitrogen and oxygen atoms in total. The second kappa shape index (κ2) is 7.52. The molecule has 3 aliphatic rings. The first-order chi connectivity index (χ1) is 15.6. The Morgan fingerprint density at radius 1 is 0.906 bits per heavy atom. The summed E-state index contributed by atoms with van der Waals surface area (Å²) < 4.78 is 2.15. The van der Waals surface area contributed by atoms with E-state index >= 15 is 0 Å². The van der Waals surface area contributed by atoms with E-state index in [9.17, 15) is 9.59 Å². The monoisotopic (exact) mass is 445 g/mol. The van der Waals surface area contributed by atoms with Crippen molar-refractivity contribution in [3.8, 4) is 5.69 Å². The molecule has 0 spiro atoms. The molecular formula is C26H24ClN3O2. The van der Waals surface area contributed by atoms with Gasteiger partial charge in [-0.05, 0) is 67.6 Å². The lowest BCUT2D eigenvalue weighted by Crippen LogP contribution is -2.47. The van der Waals surface area contributed by atoms with E-state index in [1.807, 2.05) is 70.6 Å². The van der Waals surface area contributed by atoms with E-state index in [2.05, 4.69) is 10.6 Å². The van der Waals surface area contributed by atoms with E-state index in [1.165, 1.54) is 0 Å². The van der Waals surface area contributed by atoms with Crippen molar-refractivity contribution in [3.05, 3.63) is 83.1 Å². The Labute approximate surface area is 192 Å². The summed E-state index contributed by atoms with van der Waals surface area (Å²) in [5, 5.41) is 0.660. The van der Waals surface area contributed by atoms with Crippen LogP contribution in [0.4, 0.5) is 5.69 Å². The Balaban J connectivity index is 1.43. The second-order valence-corrected chi connectivity index (χ2v) is 9.42. The fraction of sp³-hybridized carbons (Fsp3) is 0.308. The minimum absolute atomic E-state index is 0.0502. The van der Waals surface area contributed by atoms with Gasteiger partial charge in [-0.2, -0.15) is 0 Å². The van der Waals surface area contributed by atoms with Gasteiger partial charge in [-0.15, -0.1) is 0 Å². The number of aromatic nitrogens is 1. The highest BCUT2D eigenvalue weighted by Crippen LogP contribution is 2.43. The van der Waals surface area contributed by atoms with Gasteiger partial charge in [-0.25, -0.2) is 0 Å². The number of benzene rings is 2. The molecule has 1 aliphatic heterocycles. The molecule has 6 heteroatoms. The van der Waals surface area contributed by atoms with Gasteiger partial charge in [0.2, 0.25) is 11.8 Å². The molecular weight excluding hydrogens is 422 g/mol. The summed E-state index contributed by atoms with van der Waals surface area (Å²) in [7, 11) is 0. The molecule has 2 aromatic carbocycles. The molecule has 1 atom stereocenters. The number of nitrogens with zero attached hydrogens (tertiary/aromatic N) is 3. The zero-order valence-corrected chi connectivity index (χ0v) is 18.4. The third-order valence-electron chi connectivity index (χ3n) is 6.68. The third-order valence-corrected chi connectivity index (χ3v) is 6.93. The normalized spacial score (nSPS) is 19.3. The van der Waals surface area contributed by atoms with Crippen LogP contribution in [-0.4, -0.2) is 33.9 Å². The summed E-state index contributed by atoms with van der Waals surface area (Å²) in [5.74, 6) is 0.213. The number of carbonyl (C=O) groups excluding carboxylic acids is 2. The lowest BCUT2D eigenvalue weighted by Gasteiger charge is -2.39. The minimum atomic E-state index is -0.290. The topological polar surface area (TPSA) is 45.6 Å². The number of para-hydroxylation sites is 2. The van der Waals surface area contributed by atoms with Crippen LogP contribution in [0.2, 0.25) is 5.02 Å². The van der Waals surface area contributed by atoms with Gasteiger partial charge in [0.25, 0.3) is 0 Å². The first-order valence-corrected chi connectivity index (χ1v) is 11.6. The maximum absolute atomic E-state index is 13.9. The molecule has 1 unspecified atom stereocenters. The highest BCUT2D eigenvalue weighted by atomic mass is 35.5. The van der Waals surface area contributed by atoms with E-state index in [0.717, 1.165) is 48.3 Å². The van der Waals surface area contributed by atoms with Crippen molar-refractivity contribution in [2.75, 3.05) is 11.4 Å². The van der Waals surface area contributed by atoms with Crippen molar-refractivity contribution in [1.82, 2.24) is 9.47 Å². The SMILES string of the molecule is O=C(C1CC1)N(CC(=O)N1c2ccccc2-n2cccc2C1c1ccc(Cl)cc1)C1CC1. The highest BCUT2D eigenvalue weighted by molar-refractivity contribution is 6.30. The predicted octanol–water partition coefficient (Wildman–Crippen LogP) is 4.97. The molecule has 0 saturated heterocycles. The fourth-order valence-electron chi connectivity index (χ4n) is 4.78. The quantitative estimate of drug-likeness (QED) is 0.556. The molecule has 32 heavy (non-hydrogen) atoms. The molecule has 2 aliphatic carbocycles. The molecule has 2 amide bonds. The summed E-state index contributed by atoms with van der Waals surface area (Å²) in [5.41, 5.74) is 3.84.